The topological polar surface area (TPSA) is 94.5 Å². The SMILES string of the molecule is CN1CC[C@]23c4c5ccc(OS(=O)(=O)C(F)(F)F)c4OC2C2(CCC3(O)[C@H]1C5)OCCO2. The second kappa shape index (κ2) is 6.09. The quantitative estimate of drug-likeness (QED) is 0.505. The first-order valence-corrected chi connectivity index (χ1v) is 11.9. The number of fused-ring (bicyclic) bond motifs is 1. The van der Waals surface area contributed by atoms with Gasteiger partial charge in [-0.1, -0.05) is 6.07 Å². The molecule has 12 heteroatoms. The third-order valence-corrected chi connectivity index (χ3v) is 8.94. The Morgan fingerprint density at radius 3 is 2.59 bits per heavy atom. The van der Waals surface area contributed by atoms with Crippen LogP contribution in [0.3, 0.4) is 0 Å². The van der Waals surface area contributed by atoms with E-state index in [9.17, 15) is 26.7 Å². The molecule has 0 aromatic heterocycles. The molecular formula is C20H22F3NO7S. The van der Waals surface area contributed by atoms with Gasteiger partial charge in [0.2, 0.25) is 5.79 Å². The summed E-state index contributed by atoms with van der Waals surface area (Å²) in [5.74, 6) is -1.79. The van der Waals surface area contributed by atoms with E-state index in [1.807, 2.05) is 7.05 Å². The van der Waals surface area contributed by atoms with Crippen molar-refractivity contribution >= 4 is 10.1 Å². The molecule has 2 saturated heterocycles. The summed E-state index contributed by atoms with van der Waals surface area (Å²) in [5.41, 5.74) is -6.54. The van der Waals surface area contributed by atoms with E-state index in [1.165, 1.54) is 6.07 Å². The fourth-order valence-corrected chi connectivity index (χ4v) is 7.16. The van der Waals surface area contributed by atoms with E-state index >= 15 is 0 Å². The Hall–Kier alpha value is -1.60. The predicted molar refractivity (Wildman–Crippen MR) is 102 cm³/mol. The molecule has 3 fully saturated rings. The van der Waals surface area contributed by atoms with E-state index in [0.717, 1.165) is 5.56 Å². The van der Waals surface area contributed by atoms with Crippen LogP contribution in [-0.2, 0) is 31.4 Å². The zero-order valence-corrected chi connectivity index (χ0v) is 18.0. The van der Waals surface area contributed by atoms with Crippen molar-refractivity contribution in [1.82, 2.24) is 4.90 Å². The molecule has 3 aliphatic heterocycles. The van der Waals surface area contributed by atoms with E-state index in [-0.39, 0.29) is 11.8 Å². The summed E-state index contributed by atoms with van der Waals surface area (Å²) in [7, 11) is -3.96. The predicted octanol–water partition coefficient (Wildman–Crippen LogP) is 1.44. The molecule has 0 amide bonds. The van der Waals surface area contributed by atoms with Crippen LogP contribution < -0.4 is 8.92 Å². The van der Waals surface area contributed by atoms with E-state index in [1.54, 1.807) is 6.07 Å². The number of aliphatic hydroxyl groups is 1. The van der Waals surface area contributed by atoms with Gasteiger partial charge in [-0.05, 0) is 44.5 Å². The third-order valence-electron chi connectivity index (χ3n) is 7.98. The molecule has 6 rings (SSSR count). The number of likely N-dealkylation sites (N-methyl/N-ethyl adjacent to an activating group) is 1. The maximum atomic E-state index is 13.0. The van der Waals surface area contributed by atoms with E-state index in [2.05, 4.69) is 9.08 Å². The normalized spacial score (nSPS) is 37.3. The van der Waals surface area contributed by atoms with Crippen LogP contribution in [0.5, 0.6) is 11.5 Å². The number of hydrogen-bond acceptors (Lipinski definition) is 8. The summed E-state index contributed by atoms with van der Waals surface area (Å²) in [6.07, 6.45) is 0.756. The zero-order valence-electron chi connectivity index (χ0n) is 17.1. The number of hydrogen-bond donors (Lipinski definition) is 1. The number of benzene rings is 1. The number of ether oxygens (including phenoxy) is 3. The van der Waals surface area contributed by atoms with Crippen LogP contribution in [0.2, 0.25) is 0 Å². The average Bonchev–Trinajstić information content (AvgIpc) is 3.31. The van der Waals surface area contributed by atoms with Gasteiger partial charge in [0.05, 0.1) is 24.2 Å². The van der Waals surface area contributed by atoms with Crippen LogP contribution in [0.15, 0.2) is 12.1 Å². The summed E-state index contributed by atoms with van der Waals surface area (Å²) < 4.78 is 85.3. The second-order valence-electron chi connectivity index (χ2n) is 9.26. The Morgan fingerprint density at radius 1 is 1.19 bits per heavy atom. The van der Waals surface area contributed by atoms with Crippen molar-refractivity contribution in [2.45, 2.75) is 60.1 Å². The maximum absolute atomic E-state index is 13.0. The Bertz CT molecular complexity index is 1100. The smallest absolute Gasteiger partial charge is 0.479 e. The molecule has 2 unspecified atom stereocenters. The zero-order chi connectivity index (χ0) is 22.7. The summed E-state index contributed by atoms with van der Waals surface area (Å²) >= 11 is 0. The number of nitrogens with zero attached hydrogens (tertiary/aromatic N) is 1. The van der Waals surface area contributed by atoms with Gasteiger partial charge in [-0.25, -0.2) is 0 Å². The van der Waals surface area contributed by atoms with Crippen molar-refractivity contribution in [3.8, 4) is 11.5 Å². The molecule has 1 N–H and O–H groups in total. The van der Waals surface area contributed by atoms with Gasteiger partial charge < -0.3 is 28.4 Å². The highest BCUT2D eigenvalue weighted by Crippen LogP contribution is 2.68. The molecule has 5 aliphatic rings. The van der Waals surface area contributed by atoms with Crippen LogP contribution in [0.25, 0.3) is 0 Å². The molecule has 2 spiro atoms. The molecular weight excluding hydrogens is 455 g/mol. The number of alkyl halides is 3. The van der Waals surface area contributed by atoms with Crippen LogP contribution in [-0.4, -0.2) is 74.3 Å². The van der Waals surface area contributed by atoms with Crippen molar-refractivity contribution in [3.05, 3.63) is 23.3 Å². The van der Waals surface area contributed by atoms with Gasteiger partial charge in [0, 0.05) is 18.0 Å². The number of piperidine rings is 1. The Kier molecular flexibility index (Phi) is 3.99. The molecule has 1 aromatic carbocycles. The first kappa shape index (κ1) is 21.0. The van der Waals surface area contributed by atoms with Gasteiger partial charge in [0.25, 0.3) is 0 Å². The summed E-state index contributed by atoms with van der Waals surface area (Å²) in [4.78, 5) is 2.09. The highest BCUT2D eigenvalue weighted by Gasteiger charge is 2.77. The molecule has 1 aromatic rings. The van der Waals surface area contributed by atoms with Gasteiger partial charge in [-0.2, -0.15) is 21.6 Å². The van der Waals surface area contributed by atoms with Crippen molar-refractivity contribution in [1.29, 1.82) is 0 Å². The highest BCUT2D eigenvalue weighted by molar-refractivity contribution is 7.88. The molecule has 2 bridgehead atoms. The minimum Gasteiger partial charge on any atom is -0.479 e. The number of rotatable bonds is 2. The molecule has 4 atom stereocenters. The highest BCUT2D eigenvalue weighted by atomic mass is 32.2. The van der Waals surface area contributed by atoms with Crippen molar-refractivity contribution in [2.24, 2.45) is 0 Å². The first-order chi connectivity index (χ1) is 15.0. The summed E-state index contributed by atoms with van der Waals surface area (Å²) in [5, 5.41) is 12.1. The Balaban J connectivity index is 1.57. The van der Waals surface area contributed by atoms with Crippen molar-refractivity contribution in [2.75, 3.05) is 26.8 Å². The molecule has 8 nitrogen and oxygen atoms in total. The number of likely N-dealkylation sites (tertiary alicyclic amines) is 1. The molecule has 3 heterocycles. The average molecular weight is 477 g/mol. The van der Waals surface area contributed by atoms with Crippen molar-refractivity contribution in [3.63, 3.8) is 0 Å². The minimum absolute atomic E-state index is 0.0814. The molecule has 0 radical (unpaired) electrons. The van der Waals surface area contributed by atoms with Gasteiger partial charge in [-0.3, -0.25) is 0 Å². The van der Waals surface area contributed by atoms with Gasteiger partial charge >= 0.3 is 15.6 Å². The number of halogens is 3. The monoisotopic (exact) mass is 477 g/mol. The lowest BCUT2D eigenvalue weighted by Crippen LogP contribution is -2.79. The van der Waals surface area contributed by atoms with Gasteiger partial charge in [-0.15, -0.1) is 0 Å². The molecule has 1 saturated carbocycles. The van der Waals surface area contributed by atoms with Gasteiger partial charge in [0.1, 0.15) is 0 Å². The Labute approximate surface area is 182 Å². The Morgan fingerprint density at radius 2 is 1.91 bits per heavy atom. The standard InChI is InChI=1S/C20H22F3NO7S/c1-24-7-6-17-14-11-2-3-12(31-32(26,27)20(21,22)23)15(14)30-16(17)19(28-8-9-29-19)5-4-18(17,25)13(24)10-11/h2-3,13,16,25H,4-10H2,1H3/t13-,16?,17+,18?/m1/s1. The molecule has 176 valence electrons. The first-order valence-electron chi connectivity index (χ1n) is 10.5. The van der Waals surface area contributed by atoms with Crippen LogP contribution in [0.1, 0.15) is 30.4 Å². The maximum Gasteiger partial charge on any atom is 0.534 e. The van der Waals surface area contributed by atoms with E-state index in [0.29, 0.717) is 51.0 Å². The largest absolute Gasteiger partial charge is 0.534 e. The lowest BCUT2D eigenvalue weighted by molar-refractivity contribution is -0.295. The minimum atomic E-state index is -5.90. The lowest BCUT2D eigenvalue weighted by atomic mass is 9.48. The van der Waals surface area contributed by atoms with Crippen molar-refractivity contribution < 1.29 is 45.1 Å². The lowest BCUT2D eigenvalue weighted by Gasteiger charge is -2.64. The van der Waals surface area contributed by atoms with Crippen LogP contribution in [0, 0.1) is 0 Å². The third kappa shape index (κ3) is 2.29. The van der Waals surface area contributed by atoms with Crippen LogP contribution in [0.4, 0.5) is 13.2 Å². The fourth-order valence-electron chi connectivity index (χ4n) is 6.70. The second-order valence-corrected chi connectivity index (χ2v) is 10.8. The molecule has 2 aliphatic carbocycles. The molecule has 32 heavy (non-hydrogen) atoms. The van der Waals surface area contributed by atoms with Gasteiger partial charge in [0.15, 0.2) is 17.6 Å². The van der Waals surface area contributed by atoms with E-state index < -0.39 is 44.3 Å². The summed E-state index contributed by atoms with van der Waals surface area (Å²) in [6.45, 7) is 1.27. The van der Waals surface area contributed by atoms with E-state index in [4.69, 9.17) is 14.2 Å². The fraction of sp³-hybridized carbons (Fsp3) is 0.700. The summed E-state index contributed by atoms with van der Waals surface area (Å²) in [6, 6.07) is 2.52. The van der Waals surface area contributed by atoms with Crippen LogP contribution >= 0.6 is 0 Å².